The van der Waals surface area contributed by atoms with Crippen LogP contribution in [0.2, 0.25) is 0 Å². The van der Waals surface area contributed by atoms with Crippen LogP contribution in [-0.2, 0) is 6.42 Å². The molecule has 1 heterocycles. The summed E-state index contributed by atoms with van der Waals surface area (Å²) in [6.07, 6.45) is 2.43. The van der Waals surface area contributed by atoms with Gasteiger partial charge in [-0.2, -0.15) is 0 Å². The second kappa shape index (κ2) is 4.93. The van der Waals surface area contributed by atoms with Gasteiger partial charge in [-0.05, 0) is 41.0 Å². The topological polar surface area (TPSA) is 56.7 Å². The fourth-order valence-electron chi connectivity index (χ4n) is 1.56. The normalized spacial score (nSPS) is 10.8. The van der Waals surface area contributed by atoms with Gasteiger partial charge in [-0.25, -0.2) is 9.07 Å². The highest BCUT2D eigenvalue weighted by molar-refractivity contribution is 9.10. The fourth-order valence-corrected chi connectivity index (χ4v) is 2.02. The van der Waals surface area contributed by atoms with Gasteiger partial charge in [-0.3, -0.25) is 0 Å². The van der Waals surface area contributed by atoms with Crippen molar-refractivity contribution in [1.82, 2.24) is 15.0 Å². The number of halogens is 2. The second-order valence-electron chi connectivity index (χ2n) is 3.75. The molecule has 2 N–H and O–H groups in total. The smallest absolute Gasteiger partial charge is 0.139 e. The molecule has 4 nitrogen and oxygen atoms in total. The fraction of sp³-hybridized carbons (Fsp3) is 0.273. The molecule has 0 aliphatic heterocycles. The molecular formula is C11H12BrFN4. The molecule has 2 rings (SSSR count). The van der Waals surface area contributed by atoms with Crippen LogP contribution >= 0.6 is 15.9 Å². The van der Waals surface area contributed by atoms with Crippen molar-refractivity contribution in [3.8, 4) is 5.69 Å². The van der Waals surface area contributed by atoms with E-state index in [9.17, 15) is 4.39 Å². The molecular weight excluding hydrogens is 287 g/mol. The van der Waals surface area contributed by atoms with Crippen molar-refractivity contribution in [2.75, 3.05) is 6.54 Å². The Morgan fingerprint density at radius 2 is 2.24 bits per heavy atom. The summed E-state index contributed by atoms with van der Waals surface area (Å²) in [5.41, 5.74) is 7.84. The van der Waals surface area contributed by atoms with Crippen LogP contribution in [0.1, 0.15) is 11.3 Å². The molecule has 0 radical (unpaired) electrons. The highest BCUT2D eigenvalue weighted by Gasteiger charge is 2.09. The van der Waals surface area contributed by atoms with Crippen LogP contribution in [0.5, 0.6) is 0 Å². The highest BCUT2D eigenvalue weighted by Crippen LogP contribution is 2.22. The summed E-state index contributed by atoms with van der Waals surface area (Å²) in [4.78, 5) is 0. The summed E-state index contributed by atoms with van der Waals surface area (Å²) < 4.78 is 15.5. The van der Waals surface area contributed by atoms with Gasteiger partial charge in [0.2, 0.25) is 0 Å². The molecule has 1 aromatic heterocycles. The summed E-state index contributed by atoms with van der Waals surface area (Å²) in [6, 6.07) is 3.15. The van der Waals surface area contributed by atoms with Crippen molar-refractivity contribution < 1.29 is 4.39 Å². The maximum absolute atomic E-state index is 13.5. The quantitative estimate of drug-likeness (QED) is 0.943. The molecule has 0 atom stereocenters. The Hall–Kier alpha value is -1.27. The third-order valence-corrected chi connectivity index (χ3v) is 3.03. The molecule has 0 saturated carbocycles. The zero-order chi connectivity index (χ0) is 12.4. The highest BCUT2D eigenvalue weighted by atomic mass is 79.9. The number of hydrogen-bond acceptors (Lipinski definition) is 3. The summed E-state index contributed by atoms with van der Waals surface area (Å²) in [6.45, 7) is 2.41. The van der Waals surface area contributed by atoms with Crippen molar-refractivity contribution in [2.24, 2.45) is 5.73 Å². The van der Waals surface area contributed by atoms with Gasteiger partial charge in [0.25, 0.3) is 0 Å². The van der Waals surface area contributed by atoms with Gasteiger partial charge < -0.3 is 5.73 Å². The Balaban J connectivity index is 2.41. The lowest BCUT2D eigenvalue weighted by molar-refractivity contribution is 0.617. The van der Waals surface area contributed by atoms with Gasteiger partial charge in [-0.1, -0.05) is 5.21 Å². The van der Waals surface area contributed by atoms with Crippen LogP contribution in [-0.4, -0.2) is 21.5 Å². The lowest BCUT2D eigenvalue weighted by Crippen LogP contribution is -2.02. The molecule has 0 saturated heterocycles. The van der Waals surface area contributed by atoms with Crippen molar-refractivity contribution >= 4 is 15.9 Å². The SMILES string of the molecule is Cc1cc(Br)c(F)cc1-n1cc(CCN)nn1. The minimum atomic E-state index is -0.318. The van der Waals surface area contributed by atoms with Crippen LogP contribution in [0.15, 0.2) is 22.8 Å². The number of hydrogen-bond donors (Lipinski definition) is 1. The molecule has 0 bridgehead atoms. The van der Waals surface area contributed by atoms with Crippen LogP contribution in [0.3, 0.4) is 0 Å². The maximum Gasteiger partial charge on any atom is 0.139 e. The number of rotatable bonds is 3. The minimum Gasteiger partial charge on any atom is -0.330 e. The van der Waals surface area contributed by atoms with Crippen LogP contribution in [0, 0.1) is 12.7 Å². The lowest BCUT2D eigenvalue weighted by atomic mass is 10.2. The Morgan fingerprint density at radius 1 is 1.47 bits per heavy atom. The number of aromatic nitrogens is 3. The van der Waals surface area contributed by atoms with Gasteiger partial charge in [0, 0.05) is 12.5 Å². The van der Waals surface area contributed by atoms with Crippen LogP contribution in [0.25, 0.3) is 5.69 Å². The second-order valence-corrected chi connectivity index (χ2v) is 4.60. The van der Waals surface area contributed by atoms with E-state index in [0.717, 1.165) is 11.3 Å². The summed E-state index contributed by atoms with van der Waals surface area (Å²) in [5, 5.41) is 7.94. The van der Waals surface area contributed by atoms with Crippen molar-refractivity contribution in [3.63, 3.8) is 0 Å². The number of nitrogens with two attached hydrogens (primary N) is 1. The molecule has 2 aromatic rings. The van der Waals surface area contributed by atoms with Gasteiger partial charge in [0.1, 0.15) is 5.82 Å². The standard InChI is InChI=1S/C11H12BrFN4/c1-7-4-9(12)10(13)5-11(7)17-6-8(2-3-14)15-16-17/h4-6H,2-3,14H2,1H3. The van der Waals surface area contributed by atoms with Crippen LogP contribution < -0.4 is 5.73 Å². The first-order chi connectivity index (χ1) is 8.11. The van der Waals surface area contributed by atoms with E-state index in [0.29, 0.717) is 23.1 Å². The van der Waals surface area contributed by atoms with E-state index in [1.54, 1.807) is 16.9 Å². The number of aryl methyl sites for hydroxylation is 1. The van der Waals surface area contributed by atoms with Crippen molar-refractivity contribution in [2.45, 2.75) is 13.3 Å². The number of nitrogens with zero attached hydrogens (tertiary/aromatic N) is 3. The summed E-state index contributed by atoms with van der Waals surface area (Å²) in [5.74, 6) is -0.318. The molecule has 0 spiro atoms. The molecule has 0 amide bonds. The Kier molecular flexibility index (Phi) is 3.54. The third-order valence-electron chi connectivity index (χ3n) is 2.43. The Labute approximate surface area is 107 Å². The monoisotopic (exact) mass is 298 g/mol. The van der Waals surface area contributed by atoms with E-state index in [1.165, 1.54) is 6.07 Å². The van der Waals surface area contributed by atoms with Crippen LogP contribution in [0.4, 0.5) is 4.39 Å². The first-order valence-corrected chi connectivity index (χ1v) is 5.98. The summed E-state index contributed by atoms with van der Waals surface area (Å²) >= 11 is 3.15. The molecule has 17 heavy (non-hydrogen) atoms. The van der Waals surface area contributed by atoms with Gasteiger partial charge in [-0.15, -0.1) is 5.10 Å². The van der Waals surface area contributed by atoms with Gasteiger partial charge in [0.15, 0.2) is 0 Å². The largest absolute Gasteiger partial charge is 0.330 e. The average Bonchev–Trinajstić information content (AvgIpc) is 2.72. The van der Waals surface area contributed by atoms with E-state index in [1.807, 2.05) is 6.92 Å². The molecule has 90 valence electrons. The Morgan fingerprint density at radius 3 is 2.94 bits per heavy atom. The third kappa shape index (κ3) is 2.53. The van der Waals surface area contributed by atoms with E-state index in [4.69, 9.17) is 5.73 Å². The average molecular weight is 299 g/mol. The lowest BCUT2D eigenvalue weighted by Gasteiger charge is -2.06. The van der Waals surface area contributed by atoms with E-state index < -0.39 is 0 Å². The molecule has 0 aliphatic rings. The first kappa shape index (κ1) is 12.2. The predicted molar refractivity (Wildman–Crippen MR) is 66.5 cm³/mol. The molecule has 0 unspecified atom stereocenters. The van der Waals surface area contributed by atoms with Crippen molar-refractivity contribution in [3.05, 3.63) is 39.9 Å². The zero-order valence-electron chi connectivity index (χ0n) is 9.32. The first-order valence-electron chi connectivity index (χ1n) is 5.19. The zero-order valence-corrected chi connectivity index (χ0v) is 10.9. The Bertz CT molecular complexity index is 538. The number of benzene rings is 1. The van der Waals surface area contributed by atoms with Gasteiger partial charge in [0.05, 0.1) is 22.1 Å². The van der Waals surface area contributed by atoms with E-state index >= 15 is 0 Å². The van der Waals surface area contributed by atoms with Gasteiger partial charge >= 0.3 is 0 Å². The van der Waals surface area contributed by atoms with E-state index in [-0.39, 0.29) is 5.82 Å². The molecule has 0 fully saturated rings. The van der Waals surface area contributed by atoms with E-state index in [2.05, 4.69) is 26.2 Å². The molecule has 0 aliphatic carbocycles. The van der Waals surface area contributed by atoms with Crippen molar-refractivity contribution in [1.29, 1.82) is 0 Å². The predicted octanol–water partition coefficient (Wildman–Crippen LogP) is 1.98. The molecule has 1 aromatic carbocycles. The maximum atomic E-state index is 13.5. The molecule has 6 heteroatoms. The summed E-state index contributed by atoms with van der Waals surface area (Å²) in [7, 11) is 0. The minimum absolute atomic E-state index is 0.318.